The summed E-state index contributed by atoms with van der Waals surface area (Å²) in [4.78, 5) is 24.6. The van der Waals surface area contributed by atoms with Crippen molar-refractivity contribution in [2.75, 3.05) is 13.1 Å². The Morgan fingerprint density at radius 1 is 1.35 bits per heavy atom. The first-order chi connectivity index (χ1) is 9.56. The lowest BCUT2D eigenvalue weighted by atomic mass is 10.1. The molecule has 0 spiro atoms. The fourth-order valence-electron chi connectivity index (χ4n) is 2.44. The minimum atomic E-state index is -0.839. The molecule has 1 fully saturated rings. The van der Waals surface area contributed by atoms with Crippen LogP contribution in [0.3, 0.4) is 0 Å². The average Bonchev–Trinajstić information content (AvgIpc) is 2.86. The number of hydrogen-bond donors (Lipinski definition) is 2. The van der Waals surface area contributed by atoms with E-state index in [1.165, 1.54) is 5.56 Å². The van der Waals surface area contributed by atoms with Crippen LogP contribution in [0.15, 0.2) is 24.3 Å². The van der Waals surface area contributed by atoms with Gasteiger partial charge in [-0.25, -0.2) is 0 Å². The average molecular weight is 276 g/mol. The van der Waals surface area contributed by atoms with E-state index in [-0.39, 0.29) is 12.5 Å². The number of likely N-dealkylation sites (tertiary alicyclic amines) is 1. The topological polar surface area (TPSA) is 69.6 Å². The molecule has 5 heteroatoms. The highest BCUT2D eigenvalue weighted by atomic mass is 16.4. The standard InChI is InChI=1S/C15H20N2O3/c1-11-4-6-12(7-5-11)9-16-14(18)10-17-8-2-3-13(17)15(19)20/h4-7,13H,2-3,8-10H2,1H3,(H,16,18)(H,19,20)/t13-/m0/s1. The van der Waals surface area contributed by atoms with Gasteiger partial charge in [-0.05, 0) is 31.9 Å². The van der Waals surface area contributed by atoms with Crippen LogP contribution in [0.4, 0.5) is 0 Å². The SMILES string of the molecule is Cc1ccc(CNC(=O)CN2CCC[C@H]2C(=O)O)cc1. The number of carboxylic acids is 1. The van der Waals surface area contributed by atoms with Gasteiger partial charge in [0, 0.05) is 6.54 Å². The predicted octanol–water partition coefficient (Wildman–Crippen LogP) is 1.16. The maximum atomic E-state index is 11.9. The van der Waals surface area contributed by atoms with Crippen LogP contribution in [-0.4, -0.2) is 41.0 Å². The normalized spacial score (nSPS) is 18.9. The van der Waals surface area contributed by atoms with Crippen LogP contribution in [0.2, 0.25) is 0 Å². The third kappa shape index (κ3) is 3.81. The van der Waals surface area contributed by atoms with E-state index >= 15 is 0 Å². The summed E-state index contributed by atoms with van der Waals surface area (Å²) in [6, 6.07) is 7.45. The summed E-state index contributed by atoms with van der Waals surface area (Å²) in [5.41, 5.74) is 2.22. The number of carbonyl (C=O) groups excluding carboxylic acids is 1. The molecule has 2 N–H and O–H groups in total. The van der Waals surface area contributed by atoms with Crippen molar-refractivity contribution in [1.82, 2.24) is 10.2 Å². The van der Waals surface area contributed by atoms with Crippen LogP contribution in [0.25, 0.3) is 0 Å². The molecule has 1 saturated heterocycles. The van der Waals surface area contributed by atoms with E-state index in [4.69, 9.17) is 5.11 Å². The molecule has 1 aliphatic rings. The molecule has 0 saturated carbocycles. The van der Waals surface area contributed by atoms with E-state index < -0.39 is 12.0 Å². The van der Waals surface area contributed by atoms with E-state index in [0.29, 0.717) is 19.5 Å². The maximum Gasteiger partial charge on any atom is 0.320 e. The van der Waals surface area contributed by atoms with E-state index in [9.17, 15) is 9.59 Å². The Morgan fingerprint density at radius 2 is 2.05 bits per heavy atom. The monoisotopic (exact) mass is 276 g/mol. The van der Waals surface area contributed by atoms with Crippen molar-refractivity contribution >= 4 is 11.9 Å². The molecule has 0 unspecified atom stereocenters. The molecular weight excluding hydrogens is 256 g/mol. The summed E-state index contributed by atoms with van der Waals surface area (Å²) < 4.78 is 0. The second-order valence-corrected chi connectivity index (χ2v) is 5.23. The molecule has 2 rings (SSSR count). The number of aryl methyl sites for hydroxylation is 1. The first kappa shape index (κ1) is 14.5. The van der Waals surface area contributed by atoms with Crippen molar-refractivity contribution in [2.45, 2.75) is 32.4 Å². The van der Waals surface area contributed by atoms with Gasteiger partial charge in [0.25, 0.3) is 0 Å². The zero-order chi connectivity index (χ0) is 14.5. The second-order valence-electron chi connectivity index (χ2n) is 5.23. The first-order valence-corrected chi connectivity index (χ1v) is 6.85. The smallest absolute Gasteiger partial charge is 0.320 e. The van der Waals surface area contributed by atoms with Crippen LogP contribution >= 0.6 is 0 Å². The highest BCUT2D eigenvalue weighted by Crippen LogP contribution is 2.16. The number of rotatable bonds is 5. The lowest BCUT2D eigenvalue weighted by Crippen LogP contribution is -2.42. The Hall–Kier alpha value is -1.88. The molecule has 1 amide bonds. The third-order valence-electron chi connectivity index (χ3n) is 3.61. The molecule has 0 bridgehead atoms. The quantitative estimate of drug-likeness (QED) is 0.846. The Balaban J connectivity index is 1.80. The van der Waals surface area contributed by atoms with Crippen LogP contribution in [0.5, 0.6) is 0 Å². The third-order valence-corrected chi connectivity index (χ3v) is 3.61. The second kappa shape index (κ2) is 6.52. The number of carbonyl (C=O) groups is 2. The van der Waals surface area contributed by atoms with E-state index in [1.807, 2.05) is 31.2 Å². The highest BCUT2D eigenvalue weighted by molar-refractivity contribution is 5.80. The van der Waals surface area contributed by atoms with Gasteiger partial charge in [-0.1, -0.05) is 29.8 Å². The Morgan fingerprint density at radius 3 is 2.70 bits per heavy atom. The minimum absolute atomic E-state index is 0.126. The number of nitrogens with zero attached hydrogens (tertiary/aromatic N) is 1. The van der Waals surface area contributed by atoms with Crippen LogP contribution in [0.1, 0.15) is 24.0 Å². The Labute approximate surface area is 118 Å². The molecule has 108 valence electrons. The van der Waals surface area contributed by atoms with Crippen molar-refractivity contribution in [2.24, 2.45) is 0 Å². The van der Waals surface area contributed by atoms with Crippen LogP contribution < -0.4 is 5.32 Å². The zero-order valence-corrected chi connectivity index (χ0v) is 11.6. The molecule has 5 nitrogen and oxygen atoms in total. The lowest BCUT2D eigenvalue weighted by Gasteiger charge is -2.20. The van der Waals surface area contributed by atoms with Crippen molar-refractivity contribution < 1.29 is 14.7 Å². The van der Waals surface area contributed by atoms with Gasteiger partial charge in [-0.15, -0.1) is 0 Å². The van der Waals surface area contributed by atoms with E-state index in [0.717, 1.165) is 12.0 Å². The molecule has 1 heterocycles. The fraction of sp³-hybridized carbons (Fsp3) is 0.467. The summed E-state index contributed by atoms with van der Waals surface area (Å²) in [6.45, 7) is 3.32. The van der Waals surface area contributed by atoms with E-state index in [2.05, 4.69) is 5.32 Å². The molecule has 1 aliphatic heterocycles. The number of benzene rings is 1. The summed E-state index contributed by atoms with van der Waals surface area (Å²) in [5, 5.41) is 11.9. The molecule has 1 atom stereocenters. The largest absolute Gasteiger partial charge is 0.480 e. The molecule has 0 radical (unpaired) electrons. The molecule has 1 aromatic rings. The molecule has 0 aromatic heterocycles. The summed E-state index contributed by atoms with van der Waals surface area (Å²) in [7, 11) is 0. The number of nitrogens with one attached hydrogen (secondary N) is 1. The summed E-state index contributed by atoms with van der Waals surface area (Å²) in [6.07, 6.45) is 1.46. The van der Waals surface area contributed by atoms with Gasteiger partial charge >= 0.3 is 5.97 Å². The van der Waals surface area contributed by atoms with Crippen molar-refractivity contribution in [3.8, 4) is 0 Å². The molecule has 20 heavy (non-hydrogen) atoms. The van der Waals surface area contributed by atoms with Gasteiger partial charge in [0.1, 0.15) is 6.04 Å². The maximum absolute atomic E-state index is 11.9. The van der Waals surface area contributed by atoms with Gasteiger partial charge in [0.05, 0.1) is 6.54 Å². The molecule has 0 aliphatic carbocycles. The van der Waals surface area contributed by atoms with E-state index in [1.54, 1.807) is 4.90 Å². The number of aliphatic carboxylic acids is 1. The van der Waals surface area contributed by atoms with Crippen molar-refractivity contribution in [3.05, 3.63) is 35.4 Å². The Kier molecular flexibility index (Phi) is 4.74. The molecule has 1 aromatic carbocycles. The van der Waals surface area contributed by atoms with Gasteiger partial charge in [-0.2, -0.15) is 0 Å². The number of carboxylic acid groups (broad SMARTS) is 1. The lowest BCUT2D eigenvalue weighted by molar-refractivity contribution is -0.142. The Bertz CT molecular complexity index is 484. The number of hydrogen-bond acceptors (Lipinski definition) is 3. The van der Waals surface area contributed by atoms with Gasteiger partial charge in [0.15, 0.2) is 0 Å². The van der Waals surface area contributed by atoms with Gasteiger partial charge < -0.3 is 10.4 Å². The first-order valence-electron chi connectivity index (χ1n) is 6.85. The summed E-state index contributed by atoms with van der Waals surface area (Å²) in [5.74, 6) is -0.965. The number of amides is 1. The van der Waals surface area contributed by atoms with Crippen molar-refractivity contribution in [3.63, 3.8) is 0 Å². The predicted molar refractivity (Wildman–Crippen MR) is 75.3 cm³/mol. The minimum Gasteiger partial charge on any atom is -0.480 e. The summed E-state index contributed by atoms with van der Waals surface area (Å²) >= 11 is 0. The zero-order valence-electron chi connectivity index (χ0n) is 11.6. The van der Waals surface area contributed by atoms with Gasteiger partial charge in [0.2, 0.25) is 5.91 Å². The molecular formula is C15H20N2O3. The van der Waals surface area contributed by atoms with Crippen LogP contribution in [-0.2, 0) is 16.1 Å². The van der Waals surface area contributed by atoms with Gasteiger partial charge in [-0.3, -0.25) is 14.5 Å². The van der Waals surface area contributed by atoms with Crippen LogP contribution in [0, 0.1) is 6.92 Å². The fourth-order valence-corrected chi connectivity index (χ4v) is 2.44. The highest BCUT2D eigenvalue weighted by Gasteiger charge is 2.31. The van der Waals surface area contributed by atoms with Crippen molar-refractivity contribution in [1.29, 1.82) is 0 Å².